The molecule has 0 radical (unpaired) electrons. The first-order chi connectivity index (χ1) is 7.83. The standard InChI is InChI=1S/C13H19NO2/c1-2-3-10-16-11-9-13(15)14-12-7-5-4-6-8-12/h4-8H,2-3,9-11H2,1H3,(H,14,15). The third-order valence-corrected chi connectivity index (χ3v) is 2.17. The van der Waals surface area contributed by atoms with Crippen LogP contribution in [-0.2, 0) is 9.53 Å². The SMILES string of the molecule is CCCCOCCC(=O)Nc1ccccc1. The average Bonchev–Trinajstić information content (AvgIpc) is 2.30. The molecule has 3 heteroatoms. The second kappa shape index (κ2) is 7.88. The van der Waals surface area contributed by atoms with Crippen LogP contribution < -0.4 is 5.32 Å². The highest BCUT2D eigenvalue weighted by Gasteiger charge is 2.01. The van der Waals surface area contributed by atoms with Gasteiger partial charge in [0.15, 0.2) is 0 Å². The minimum absolute atomic E-state index is 0.00250. The molecule has 0 aliphatic carbocycles. The van der Waals surface area contributed by atoms with Gasteiger partial charge in [-0.2, -0.15) is 0 Å². The number of hydrogen-bond acceptors (Lipinski definition) is 2. The van der Waals surface area contributed by atoms with E-state index in [2.05, 4.69) is 12.2 Å². The second-order valence-corrected chi connectivity index (χ2v) is 3.63. The van der Waals surface area contributed by atoms with E-state index in [0.717, 1.165) is 25.1 Å². The Bertz CT molecular complexity index is 298. The number of unbranched alkanes of at least 4 members (excludes halogenated alkanes) is 1. The first-order valence-corrected chi connectivity index (χ1v) is 5.75. The van der Waals surface area contributed by atoms with Gasteiger partial charge in [0.05, 0.1) is 13.0 Å². The van der Waals surface area contributed by atoms with E-state index >= 15 is 0 Å². The summed E-state index contributed by atoms with van der Waals surface area (Å²) in [7, 11) is 0. The van der Waals surface area contributed by atoms with Crippen LogP contribution >= 0.6 is 0 Å². The van der Waals surface area contributed by atoms with Crippen molar-refractivity contribution in [2.75, 3.05) is 18.5 Å². The minimum atomic E-state index is 0.00250. The van der Waals surface area contributed by atoms with Gasteiger partial charge >= 0.3 is 0 Å². The summed E-state index contributed by atoms with van der Waals surface area (Å²) in [6.07, 6.45) is 2.59. The van der Waals surface area contributed by atoms with Gasteiger partial charge in [-0.15, -0.1) is 0 Å². The van der Waals surface area contributed by atoms with Crippen LogP contribution in [0.15, 0.2) is 30.3 Å². The van der Waals surface area contributed by atoms with Crippen molar-refractivity contribution in [3.8, 4) is 0 Å². The summed E-state index contributed by atoms with van der Waals surface area (Å²) in [4.78, 5) is 11.5. The maximum absolute atomic E-state index is 11.5. The van der Waals surface area contributed by atoms with Crippen molar-refractivity contribution in [3.63, 3.8) is 0 Å². The highest BCUT2D eigenvalue weighted by molar-refractivity contribution is 5.90. The molecule has 88 valence electrons. The molecule has 1 aromatic carbocycles. The predicted molar refractivity (Wildman–Crippen MR) is 65.4 cm³/mol. The zero-order valence-electron chi connectivity index (χ0n) is 9.74. The number of hydrogen-bond donors (Lipinski definition) is 1. The summed E-state index contributed by atoms with van der Waals surface area (Å²) >= 11 is 0. The molecular formula is C13H19NO2. The fourth-order valence-electron chi connectivity index (χ4n) is 1.26. The van der Waals surface area contributed by atoms with Crippen LogP contribution in [0.4, 0.5) is 5.69 Å². The second-order valence-electron chi connectivity index (χ2n) is 3.63. The summed E-state index contributed by atoms with van der Waals surface area (Å²) in [5, 5.41) is 2.81. The van der Waals surface area contributed by atoms with Gasteiger partial charge in [0.25, 0.3) is 0 Å². The van der Waals surface area contributed by atoms with Crippen LogP contribution in [0.2, 0.25) is 0 Å². The molecule has 1 amide bonds. The zero-order valence-corrected chi connectivity index (χ0v) is 9.74. The van der Waals surface area contributed by atoms with Crippen LogP contribution in [0.5, 0.6) is 0 Å². The van der Waals surface area contributed by atoms with Crippen molar-refractivity contribution in [1.29, 1.82) is 0 Å². The molecule has 0 unspecified atom stereocenters. The average molecular weight is 221 g/mol. The molecule has 0 heterocycles. The lowest BCUT2D eigenvalue weighted by Crippen LogP contribution is -2.14. The summed E-state index contributed by atoms with van der Waals surface area (Å²) in [6.45, 7) is 3.36. The highest BCUT2D eigenvalue weighted by Crippen LogP contribution is 2.05. The van der Waals surface area contributed by atoms with Crippen molar-refractivity contribution in [3.05, 3.63) is 30.3 Å². The smallest absolute Gasteiger partial charge is 0.226 e. The van der Waals surface area contributed by atoms with Crippen molar-refractivity contribution in [2.24, 2.45) is 0 Å². The topological polar surface area (TPSA) is 38.3 Å². The quantitative estimate of drug-likeness (QED) is 0.719. The molecule has 0 saturated carbocycles. The van der Waals surface area contributed by atoms with E-state index in [1.54, 1.807) is 0 Å². The molecule has 3 nitrogen and oxygen atoms in total. The Morgan fingerprint density at radius 1 is 1.25 bits per heavy atom. The molecule has 1 aromatic rings. The Kier molecular flexibility index (Phi) is 6.26. The minimum Gasteiger partial charge on any atom is -0.381 e. The molecule has 0 aromatic heterocycles. The zero-order chi connectivity index (χ0) is 11.6. The predicted octanol–water partition coefficient (Wildman–Crippen LogP) is 2.83. The van der Waals surface area contributed by atoms with Gasteiger partial charge in [-0.05, 0) is 18.6 Å². The van der Waals surface area contributed by atoms with Crippen LogP contribution in [0.25, 0.3) is 0 Å². The van der Waals surface area contributed by atoms with Gasteiger partial charge < -0.3 is 10.1 Å². The van der Waals surface area contributed by atoms with E-state index in [0.29, 0.717) is 13.0 Å². The van der Waals surface area contributed by atoms with Crippen molar-refractivity contribution < 1.29 is 9.53 Å². The molecule has 0 saturated heterocycles. The molecule has 0 atom stereocenters. The monoisotopic (exact) mass is 221 g/mol. The summed E-state index contributed by atoms with van der Waals surface area (Å²) in [5.74, 6) is 0.00250. The Labute approximate surface area is 96.8 Å². The molecule has 0 fully saturated rings. The molecular weight excluding hydrogens is 202 g/mol. The molecule has 0 spiro atoms. The largest absolute Gasteiger partial charge is 0.381 e. The maximum Gasteiger partial charge on any atom is 0.226 e. The lowest BCUT2D eigenvalue weighted by atomic mass is 10.3. The number of carbonyl (C=O) groups excluding carboxylic acids is 1. The van der Waals surface area contributed by atoms with Crippen molar-refractivity contribution in [1.82, 2.24) is 0 Å². The molecule has 1 rings (SSSR count). The molecule has 1 N–H and O–H groups in total. The number of amides is 1. The summed E-state index contributed by atoms with van der Waals surface area (Å²) in [6, 6.07) is 9.45. The summed E-state index contributed by atoms with van der Waals surface area (Å²) < 4.78 is 5.32. The highest BCUT2D eigenvalue weighted by atomic mass is 16.5. The van der Waals surface area contributed by atoms with Gasteiger partial charge in [-0.3, -0.25) is 4.79 Å². The van der Waals surface area contributed by atoms with Gasteiger partial charge in [0.2, 0.25) is 5.91 Å². The Morgan fingerprint density at radius 2 is 2.00 bits per heavy atom. The normalized spacial score (nSPS) is 10.1. The van der Waals surface area contributed by atoms with Gasteiger partial charge in [0, 0.05) is 12.3 Å². The number of carbonyl (C=O) groups is 1. The maximum atomic E-state index is 11.5. The molecule has 0 bridgehead atoms. The van der Waals surface area contributed by atoms with Crippen LogP contribution in [-0.4, -0.2) is 19.1 Å². The Morgan fingerprint density at radius 3 is 2.69 bits per heavy atom. The summed E-state index contributed by atoms with van der Waals surface area (Å²) in [5.41, 5.74) is 0.834. The fourth-order valence-corrected chi connectivity index (χ4v) is 1.26. The lowest BCUT2D eigenvalue weighted by Gasteiger charge is -2.05. The third-order valence-electron chi connectivity index (χ3n) is 2.17. The van der Waals surface area contributed by atoms with Crippen LogP contribution in [0, 0.1) is 0 Å². The lowest BCUT2D eigenvalue weighted by molar-refractivity contribution is -0.117. The number of benzene rings is 1. The van der Waals surface area contributed by atoms with Crippen LogP contribution in [0.1, 0.15) is 26.2 Å². The van der Waals surface area contributed by atoms with E-state index in [-0.39, 0.29) is 5.91 Å². The van der Waals surface area contributed by atoms with E-state index in [4.69, 9.17) is 4.74 Å². The Balaban J connectivity index is 2.12. The van der Waals surface area contributed by atoms with Crippen LogP contribution in [0.3, 0.4) is 0 Å². The number of nitrogens with one attached hydrogen (secondary N) is 1. The van der Waals surface area contributed by atoms with E-state index < -0.39 is 0 Å². The van der Waals surface area contributed by atoms with E-state index in [9.17, 15) is 4.79 Å². The molecule has 16 heavy (non-hydrogen) atoms. The van der Waals surface area contributed by atoms with Crippen molar-refractivity contribution in [2.45, 2.75) is 26.2 Å². The first-order valence-electron chi connectivity index (χ1n) is 5.75. The fraction of sp³-hybridized carbons (Fsp3) is 0.462. The number of rotatable bonds is 7. The molecule has 0 aliphatic rings. The number of anilines is 1. The number of para-hydroxylation sites is 1. The molecule has 0 aliphatic heterocycles. The van der Waals surface area contributed by atoms with Gasteiger partial charge in [0.1, 0.15) is 0 Å². The van der Waals surface area contributed by atoms with E-state index in [1.807, 2.05) is 30.3 Å². The Hall–Kier alpha value is -1.35. The third kappa shape index (κ3) is 5.51. The van der Waals surface area contributed by atoms with Crippen molar-refractivity contribution >= 4 is 11.6 Å². The first kappa shape index (κ1) is 12.7. The van der Waals surface area contributed by atoms with Gasteiger partial charge in [-0.25, -0.2) is 0 Å². The number of ether oxygens (including phenoxy) is 1. The van der Waals surface area contributed by atoms with E-state index in [1.165, 1.54) is 0 Å². The van der Waals surface area contributed by atoms with Gasteiger partial charge in [-0.1, -0.05) is 31.5 Å².